The summed E-state index contributed by atoms with van der Waals surface area (Å²) in [7, 11) is 3.47. The highest BCUT2D eigenvalue weighted by Crippen LogP contribution is 2.38. The van der Waals surface area contributed by atoms with Crippen molar-refractivity contribution in [2.45, 2.75) is 38.1 Å². The number of imidazole rings is 1. The summed E-state index contributed by atoms with van der Waals surface area (Å²) in [6, 6.07) is 6.99. The first kappa shape index (κ1) is 21.1. The summed E-state index contributed by atoms with van der Waals surface area (Å²) >= 11 is 0. The summed E-state index contributed by atoms with van der Waals surface area (Å²) in [5.41, 5.74) is 0.864. The van der Waals surface area contributed by atoms with Crippen LogP contribution in [0.3, 0.4) is 0 Å². The lowest BCUT2D eigenvalue weighted by Gasteiger charge is -2.20. The highest BCUT2D eigenvalue weighted by Gasteiger charge is 2.47. The zero-order chi connectivity index (χ0) is 22.0. The molecule has 2 aromatic rings. The molecular formula is C23H28N4O4. The number of hydrogen-bond acceptors (Lipinski definition) is 5. The molecule has 0 unspecified atom stereocenters. The third-order valence-electron chi connectivity index (χ3n) is 6.37. The predicted molar refractivity (Wildman–Crippen MR) is 113 cm³/mol. The van der Waals surface area contributed by atoms with Crippen LogP contribution in [0.1, 0.15) is 49.5 Å². The second kappa shape index (κ2) is 8.91. The molecule has 0 radical (unpaired) electrons. The largest absolute Gasteiger partial charge is 0.497 e. The molecule has 8 heteroatoms. The lowest BCUT2D eigenvalue weighted by atomic mass is 9.81. The smallest absolute Gasteiger partial charge is 0.233 e. The third kappa shape index (κ3) is 4.19. The highest BCUT2D eigenvalue weighted by atomic mass is 16.5. The van der Waals surface area contributed by atoms with Gasteiger partial charge in [0.15, 0.2) is 0 Å². The molecule has 4 rings (SSSR count). The van der Waals surface area contributed by atoms with E-state index in [1.807, 2.05) is 42.1 Å². The van der Waals surface area contributed by atoms with Gasteiger partial charge in [0.05, 0.1) is 18.9 Å². The molecule has 164 valence electrons. The summed E-state index contributed by atoms with van der Waals surface area (Å²) in [6.07, 6.45) is 7.09. The number of fused-ring (bicyclic) bond motifs is 1. The van der Waals surface area contributed by atoms with E-state index in [1.165, 1.54) is 4.90 Å². The van der Waals surface area contributed by atoms with Crippen LogP contribution in [0.25, 0.3) is 0 Å². The fourth-order valence-corrected chi connectivity index (χ4v) is 4.65. The van der Waals surface area contributed by atoms with E-state index in [-0.39, 0.29) is 42.5 Å². The Morgan fingerprint density at radius 3 is 2.35 bits per heavy atom. The molecule has 1 aliphatic heterocycles. The van der Waals surface area contributed by atoms with Crippen molar-refractivity contribution in [1.29, 1.82) is 0 Å². The van der Waals surface area contributed by atoms with Crippen molar-refractivity contribution in [2.24, 2.45) is 18.9 Å². The topological polar surface area (TPSA) is 93.5 Å². The maximum Gasteiger partial charge on any atom is 0.233 e. The van der Waals surface area contributed by atoms with E-state index in [0.717, 1.165) is 37.0 Å². The standard InChI is InChI=1S/C23H28N4O4/c1-26-14-12-24-21(26)20(15-7-9-16(31-2)10-8-15)25-19(28)11-13-27-22(29)17-5-3-4-6-18(17)23(27)30/h7-10,12,14,17-18,20H,3-6,11,13H2,1-2H3,(H,25,28)/t17-,18-,20+/m1/s1. The van der Waals surface area contributed by atoms with E-state index in [2.05, 4.69) is 10.3 Å². The van der Waals surface area contributed by atoms with Crippen LogP contribution in [0, 0.1) is 11.8 Å². The maximum atomic E-state index is 12.8. The van der Waals surface area contributed by atoms with E-state index in [1.54, 1.807) is 13.3 Å². The minimum atomic E-state index is -0.453. The van der Waals surface area contributed by atoms with Gasteiger partial charge in [0.25, 0.3) is 0 Å². The zero-order valence-electron chi connectivity index (χ0n) is 17.9. The van der Waals surface area contributed by atoms with Crippen LogP contribution in [0.15, 0.2) is 36.7 Å². The number of rotatable bonds is 7. The molecule has 3 amide bonds. The van der Waals surface area contributed by atoms with Gasteiger partial charge in [-0.2, -0.15) is 0 Å². The number of imide groups is 1. The average molecular weight is 425 g/mol. The van der Waals surface area contributed by atoms with Crippen molar-refractivity contribution in [3.8, 4) is 5.75 Å². The van der Waals surface area contributed by atoms with E-state index in [4.69, 9.17) is 4.74 Å². The SMILES string of the molecule is COc1ccc([C@H](NC(=O)CCN2C(=O)[C@@H]3CCCC[C@H]3C2=O)c2nccn2C)cc1. The Morgan fingerprint density at radius 2 is 1.81 bits per heavy atom. The number of aromatic nitrogens is 2. The third-order valence-corrected chi connectivity index (χ3v) is 6.37. The van der Waals surface area contributed by atoms with E-state index < -0.39 is 6.04 Å². The molecule has 1 aliphatic carbocycles. The second-order valence-electron chi connectivity index (χ2n) is 8.25. The number of methoxy groups -OCH3 is 1. The molecule has 1 aromatic carbocycles. The molecule has 2 aliphatic rings. The molecule has 1 N–H and O–H groups in total. The lowest BCUT2D eigenvalue weighted by molar-refractivity contribution is -0.140. The maximum absolute atomic E-state index is 12.8. The number of carbonyl (C=O) groups excluding carboxylic acids is 3. The summed E-state index contributed by atoms with van der Waals surface area (Å²) in [6.45, 7) is 0.117. The van der Waals surface area contributed by atoms with Gasteiger partial charge in [0.1, 0.15) is 17.6 Å². The normalized spacial score (nSPS) is 21.7. The number of likely N-dealkylation sites (tertiary alicyclic amines) is 1. The van der Waals surface area contributed by atoms with Crippen LogP contribution in [0.5, 0.6) is 5.75 Å². The molecule has 1 aromatic heterocycles. The van der Waals surface area contributed by atoms with E-state index >= 15 is 0 Å². The van der Waals surface area contributed by atoms with Gasteiger partial charge in [0.2, 0.25) is 17.7 Å². The molecule has 8 nitrogen and oxygen atoms in total. The Labute approximate surface area is 181 Å². The number of carbonyl (C=O) groups is 3. The first-order valence-electron chi connectivity index (χ1n) is 10.8. The molecule has 3 atom stereocenters. The number of aryl methyl sites for hydroxylation is 1. The number of nitrogens with one attached hydrogen (secondary N) is 1. The Morgan fingerprint density at radius 1 is 1.16 bits per heavy atom. The molecule has 0 bridgehead atoms. The quantitative estimate of drug-likeness (QED) is 0.688. The Kier molecular flexibility index (Phi) is 6.06. The van der Waals surface area contributed by atoms with E-state index in [9.17, 15) is 14.4 Å². The van der Waals surface area contributed by atoms with Gasteiger partial charge in [-0.1, -0.05) is 25.0 Å². The lowest BCUT2D eigenvalue weighted by Crippen LogP contribution is -2.37. The highest BCUT2D eigenvalue weighted by molar-refractivity contribution is 6.05. The number of hydrogen-bond donors (Lipinski definition) is 1. The Bertz CT molecular complexity index is 944. The van der Waals surface area contributed by atoms with E-state index in [0.29, 0.717) is 5.82 Å². The molecule has 1 saturated carbocycles. The molecule has 0 spiro atoms. The van der Waals surface area contributed by atoms with Crippen LogP contribution in [0.2, 0.25) is 0 Å². The fraction of sp³-hybridized carbons (Fsp3) is 0.478. The van der Waals surface area contributed by atoms with Gasteiger partial charge >= 0.3 is 0 Å². The number of ether oxygens (including phenoxy) is 1. The summed E-state index contributed by atoms with van der Waals surface area (Å²) in [4.78, 5) is 43.8. The molecule has 2 heterocycles. The van der Waals surface area contributed by atoms with Crippen molar-refractivity contribution in [2.75, 3.05) is 13.7 Å². The predicted octanol–water partition coefficient (Wildman–Crippen LogP) is 2.20. The zero-order valence-corrected chi connectivity index (χ0v) is 17.9. The number of benzene rings is 1. The number of nitrogens with zero attached hydrogens (tertiary/aromatic N) is 3. The van der Waals surface area contributed by atoms with Crippen LogP contribution in [0.4, 0.5) is 0 Å². The second-order valence-corrected chi connectivity index (χ2v) is 8.25. The van der Waals surface area contributed by atoms with Crippen molar-refractivity contribution >= 4 is 17.7 Å². The van der Waals surface area contributed by atoms with Crippen molar-refractivity contribution in [1.82, 2.24) is 19.8 Å². The minimum Gasteiger partial charge on any atom is -0.497 e. The Hall–Kier alpha value is -3.16. The Balaban J connectivity index is 1.45. The first-order chi connectivity index (χ1) is 15.0. The van der Waals surface area contributed by atoms with Gasteiger partial charge in [-0.25, -0.2) is 4.98 Å². The van der Waals surface area contributed by atoms with Gasteiger partial charge in [0, 0.05) is 32.4 Å². The van der Waals surface area contributed by atoms with Crippen LogP contribution < -0.4 is 10.1 Å². The van der Waals surface area contributed by atoms with Crippen molar-refractivity contribution in [3.63, 3.8) is 0 Å². The number of amides is 3. The van der Waals surface area contributed by atoms with Crippen molar-refractivity contribution < 1.29 is 19.1 Å². The summed E-state index contributed by atoms with van der Waals surface area (Å²) < 4.78 is 7.08. The summed E-state index contributed by atoms with van der Waals surface area (Å²) in [5, 5.41) is 3.02. The monoisotopic (exact) mass is 424 g/mol. The average Bonchev–Trinajstić information content (AvgIpc) is 3.32. The van der Waals surface area contributed by atoms with Crippen LogP contribution in [-0.4, -0.2) is 45.8 Å². The van der Waals surface area contributed by atoms with Gasteiger partial charge in [-0.05, 0) is 30.5 Å². The summed E-state index contributed by atoms with van der Waals surface area (Å²) in [5.74, 6) is 0.572. The van der Waals surface area contributed by atoms with Gasteiger partial charge in [-0.15, -0.1) is 0 Å². The molecule has 31 heavy (non-hydrogen) atoms. The molecule has 1 saturated heterocycles. The van der Waals surface area contributed by atoms with Crippen LogP contribution in [-0.2, 0) is 21.4 Å². The first-order valence-corrected chi connectivity index (χ1v) is 10.8. The molecular weight excluding hydrogens is 396 g/mol. The van der Waals surface area contributed by atoms with Crippen molar-refractivity contribution in [3.05, 3.63) is 48.0 Å². The molecule has 2 fully saturated rings. The fourth-order valence-electron chi connectivity index (χ4n) is 4.65. The van der Waals surface area contributed by atoms with Gasteiger partial charge in [-0.3, -0.25) is 19.3 Å². The van der Waals surface area contributed by atoms with Gasteiger partial charge < -0.3 is 14.6 Å². The van der Waals surface area contributed by atoms with Crippen LogP contribution >= 0.6 is 0 Å². The minimum absolute atomic E-state index is 0.0635.